The van der Waals surface area contributed by atoms with Crippen LogP contribution in [0.3, 0.4) is 0 Å². The standard InChI is InChI=1S/C23H29N7O6/c1-23(2,3)36-21(32)25-14-19(31)26-18-9-8-16(20(24)27-18)29-28-15-6-4-5-7-17(15)35-22(33)30-10-12-34-13-11-30/h4-9H,10-14H2,1-3H3,(H,25,32)(H3,24,26,27,31). The molecule has 0 spiro atoms. The molecule has 1 aromatic carbocycles. The lowest BCUT2D eigenvalue weighted by Crippen LogP contribution is -2.42. The number of para-hydroxylation sites is 1. The van der Waals surface area contributed by atoms with Gasteiger partial charge in [0.05, 0.1) is 13.2 Å². The number of carbonyl (C=O) groups is 3. The molecule has 13 nitrogen and oxygen atoms in total. The summed E-state index contributed by atoms with van der Waals surface area (Å²) in [5.41, 5.74) is 5.85. The predicted molar refractivity (Wildman–Crippen MR) is 131 cm³/mol. The van der Waals surface area contributed by atoms with Crippen LogP contribution in [-0.4, -0.2) is 66.4 Å². The molecule has 1 aliphatic rings. The lowest BCUT2D eigenvalue weighted by molar-refractivity contribution is -0.115. The van der Waals surface area contributed by atoms with Gasteiger partial charge in [-0.3, -0.25) is 4.79 Å². The number of benzene rings is 1. The summed E-state index contributed by atoms with van der Waals surface area (Å²) in [7, 11) is 0. The van der Waals surface area contributed by atoms with E-state index in [2.05, 4.69) is 25.8 Å². The minimum absolute atomic E-state index is 0.0134. The van der Waals surface area contributed by atoms with E-state index in [1.807, 2.05) is 0 Å². The molecule has 2 aromatic rings. The fourth-order valence-electron chi connectivity index (χ4n) is 2.91. The first-order chi connectivity index (χ1) is 17.1. The number of amides is 3. The van der Waals surface area contributed by atoms with Crippen molar-refractivity contribution in [3.63, 3.8) is 0 Å². The van der Waals surface area contributed by atoms with E-state index in [-0.39, 0.29) is 29.6 Å². The summed E-state index contributed by atoms with van der Waals surface area (Å²) in [6, 6.07) is 9.70. The summed E-state index contributed by atoms with van der Waals surface area (Å²) < 4.78 is 15.8. The second kappa shape index (κ2) is 11.9. The van der Waals surface area contributed by atoms with Gasteiger partial charge in [0.1, 0.15) is 29.3 Å². The van der Waals surface area contributed by atoms with Gasteiger partial charge in [0.25, 0.3) is 0 Å². The van der Waals surface area contributed by atoms with Gasteiger partial charge in [-0.25, -0.2) is 14.6 Å². The van der Waals surface area contributed by atoms with E-state index < -0.39 is 23.7 Å². The number of rotatable bonds is 6. The van der Waals surface area contributed by atoms with E-state index >= 15 is 0 Å². The first-order valence-corrected chi connectivity index (χ1v) is 11.2. The second-order valence-corrected chi connectivity index (χ2v) is 8.64. The zero-order chi connectivity index (χ0) is 26.1. The van der Waals surface area contributed by atoms with E-state index in [1.165, 1.54) is 12.1 Å². The molecule has 2 heterocycles. The fraction of sp³-hybridized carbons (Fsp3) is 0.391. The molecule has 0 saturated carbocycles. The van der Waals surface area contributed by atoms with Gasteiger partial charge in [-0.2, -0.15) is 0 Å². The second-order valence-electron chi connectivity index (χ2n) is 8.64. The van der Waals surface area contributed by atoms with Gasteiger partial charge < -0.3 is 35.5 Å². The number of azo groups is 1. The number of carbonyl (C=O) groups excluding carboxylic acids is 3. The predicted octanol–water partition coefficient (Wildman–Crippen LogP) is 3.37. The molecular weight excluding hydrogens is 470 g/mol. The summed E-state index contributed by atoms with van der Waals surface area (Å²) in [6.07, 6.45) is -1.21. The highest BCUT2D eigenvalue weighted by molar-refractivity contribution is 5.93. The molecule has 0 unspecified atom stereocenters. The zero-order valence-corrected chi connectivity index (χ0v) is 20.3. The number of ether oxygens (including phenoxy) is 3. The zero-order valence-electron chi connectivity index (χ0n) is 20.3. The van der Waals surface area contributed by atoms with E-state index in [9.17, 15) is 14.4 Å². The smallest absolute Gasteiger partial charge is 0.415 e. The van der Waals surface area contributed by atoms with E-state index in [1.54, 1.807) is 49.9 Å². The number of aromatic nitrogens is 1. The Kier molecular flexibility index (Phi) is 8.73. The van der Waals surface area contributed by atoms with Crippen LogP contribution in [0.25, 0.3) is 0 Å². The topological polar surface area (TPSA) is 170 Å². The van der Waals surface area contributed by atoms with Crippen LogP contribution in [-0.2, 0) is 14.3 Å². The minimum Gasteiger partial charge on any atom is -0.444 e. The molecule has 1 aliphatic heterocycles. The highest BCUT2D eigenvalue weighted by Gasteiger charge is 2.20. The number of hydrogen-bond donors (Lipinski definition) is 3. The van der Waals surface area contributed by atoms with Gasteiger partial charge in [-0.15, -0.1) is 10.2 Å². The van der Waals surface area contributed by atoms with Crippen LogP contribution in [0.5, 0.6) is 5.75 Å². The SMILES string of the molecule is CC(C)(C)OC(=O)NCC(=O)Nc1ccc(N=Nc2ccccc2OC(=O)N2CCOCC2)c(N)n1. The Hall–Kier alpha value is -4.26. The summed E-state index contributed by atoms with van der Waals surface area (Å²) in [6.45, 7) is 6.66. The molecular formula is C23H29N7O6. The van der Waals surface area contributed by atoms with Crippen LogP contribution >= 0.6 is 0 Å². The number of nitrogens with one attached hydrogen (secondary N) is 2. The Labute approximate surface area is 208 Å². The number of nitrogens with zero attached hydrogens (tertiary/aromatic N) is 4. The monoisotopic (exact) mass is 499 g/mol. The number of nitrogen functional groups attached to an aromatic ring is 1. The average molecular weight is 500 g/mol. The maximum absolute atomic E-state index is 12.4. The largest absolute Gasteiger partial charge is 0.444 e. The lowest BCUT2D eigenvalue weighted by Gasteiger charge is -2.25. The van der Waals surface area contributed by atoms with Gasteiger partial charge >= 0.3 is 12.2 Å². The van der Waals surface area contributed by atoms with Crippen LogP contribution < -0.4 is 21.1 Å². The number of anilines is 2. The van der Waals surface area contributed by atoms with Crippen LogP contribution in [0.2, 0.25) is 0 Å². The summed E-state index contributed by atoms with van der Waals surface area (Å²) in [4.78, 5) is 41.8. The van der Waals surface area contributed by atoms with Crippen LogP contribution in [0.15, 0.2) is 46.6 Å². The molecule has 4 N–H and O–H groups in total. The summed E-state index contributed by atoms with van der Waals surface area (Å²) in [5.74, 6) is -0.0921. The van der Waals surface area contributed by atoms with Crippen molar-refractivity contribution in [3.8, 4) is 5.75 Å². The maximum atomic E-state index is 12.4. The van der Waals surface area contributed by atoms with E-state index in [0.29, 0.717) is 32.0 Å². The van der Waals surface area contributed by atoms with Gasteiger partial charge in [-0.05, 0) is 45.0 Å². The van der Waals surface area contributed by atoms with Crippen molar-refractivity contribution in [2.24, 2.45) is 10.2 Å². The number of alkyl carbamates (subject to hydrolysis) is 1. The van der Waals surface area contributed by atoms with Gasteiger partial charge in [0.15, 0.2) is 11.6 Å². The molecule has 0 bridgehead atoms. The molecule has 1 saturated heterocycles. The number of morpholine rings is 1. The normalized spacial score (nSPS) is 13.8. The molecule has 0 radical (unpaired) electrons. The Morgan fingerprint density at radius 1 is 1.08 bits per heavy atom. The molecule has 3 rings (SSSR count). The molecule has 192 valence electrons. The quantitative estimate of drug-likeness (QED) is 0.508. The van der Waals surface area contributed by atoms with Crippen molar-refractivity contribution in [1.29, 1.82) is 0 Å². The molecule has 0 aliphatic carbocycles. The Morgan fingerprint density at radius 3 is 2.47 bits per heavy atom. The van der Waals surface area contributed by atoms with Crippen molar-refractivity contribution in [3.05, 3.63) is 36.4 Å². The molecule has 0 atom stereocenters. The molecule has 3 amide bonds. The van der Waals surface area contributed by atoms with Gasteiger partial charge in [0.2, 0.25) is 5.91 Å². The number of nitrogens with two attached hydrogens (primary N) is 1. The van der Waals surface area contributed by atoms with E-state index in [4.69, 9.17) is 19.9 Å². The lowest BCUT2D eigenvalue weighted by atomic mass is 10.2. The Morgan fingerprint density at radius 2 is 1.78 bits per heavy atom. The average Bonchev–Trinajstić information content (AvgIpc) is 2.82. The fourth-order valence-corrected chi connectivity index (χ4v) is 2.91. The van der Waals surface area contributed by atoms with Gasteiger partial charge in [0, 0.05) is 13.1 Å². The van der Waals surface area contributed by atoms with Crippen LogP contribution in [0.1, 0.15) is 20.8 Å². The van der Waals surface area contributed by atoms with Gasteiger partial charge in [-0.1, -0.05) is 12.1 Å². The van der Waals surface area contributed by atoms with Crippen molar-refractivity contribution < 1.29 is 28.6 Å². The van der Waals surface area contributed by atoms with Crippen molar-refractivity contribution in [2.45, 2.75) is 26.4 Å². The van der Waals surface area contributed by atoms with Crippen molar-refractivity contribution >= 4 is 41.1 Å². The maximum Gasteiger partial charge on any atom is 0.415 e. The number of hydrogen-bond acceptors (Lipinski definition) is 10. The first kappa shape index (κ1) is 26.3. The third-order valence-corrected chi connectivity index (χ3v) is 4.56. The van der Waals surface area contributed by atoms with Crippen molar-refractivity contribution in [1.82, 2.24) is 15.2 Å². The van der Waals surface area contributed by atoms with Crippen molar-refractivity contribution in [2.75, 3.05) is 43.9 Å². The Balaban J connectivity index is 1.59. The van der Waals surface area contributed by atoms with Crippen LogP contribution in [0.4, 0.5) is 32.6 Å². The minimum atomic E-state index is -0.711. The molecule has 1 fully saturated rings. The highest BCUT2D eigenvalue weighted by atomic mass is 16.6. The highest BCUT2D eigenvalue weighted by Crippen LogP contribution is 2.31. The summed E-state index contributed by atoms with van der Waals surface area (Å²) >= 11 is 0. The molecule has 36 heavy (non-hydrogen) atoms. The molecule has 13 heteroatoms. The summed E-state index contributed by atoms with van der Waals surface area (Å²) in [5, 5.41) is 13.1. The molecule has 1 aromatic heterocycles. The third kappa shape index (κ3) is 8.20. The first-order valence-electron chi connectivity index (χ1n) is 11.2. The van der Waals surface area contributed by atoms with Crippen LogP contribution in [0, 0.1) is 0 Å². The van der Waals surface area contributed by atoms with E-state index in [0.717, 1.165) is 0 Å². The number of pyridine rings is 1. The third-order valence-electron chi connectivity index (χ3n) is 4.56. The Bertz CT molecular complexity index is 1130.